The maximum Gasteiger partial charge on any atom is 0.125 e. The minimum atomic E-state index is -0.167. The molecule has 4 heteroatoms. The molecule has 0 spiro atoms. The van der Waals surface area contributed by atoms with Gasteiger partial charge in [0.05, 0.1) is 5.69 Å². The predicted octanol–water partition coefficient (Wildman–Crippen LogP) is 3.56. The zero-order valence-electron chi connectivity index (χ0n) is 10.8. The van der Waals surface area contributed by atoms with Crippen molar-refractivity contribution in [1.82, 2.24) is 5.32 Å². The number of nitrogens with zero attached hydrogens (tertiary/aromatic N) is 1. The van der Waals surface area contributed by atoms with E-state index in [-0.39, 0.29) is 5.82 Å². The minimum Gasteiger partial charge on any atom is -0.370 e. The largest absolute Gasteiger partial charge is 0.370 e. The van der Waals surface area contributed by atoms with E-state index < -0.39 is 0 Å². The normalized spacial score (nSPS) is 17.2. The lowest BCUT2D eigenvalue weighted by Gasteiger charge is -2.34. The van der Waals surface area contributed by atoms with Gasteiger partial charge in [-0.15, -0.1) is 0 Å². The third-order valence-corrected chi connectivity index (χ3v) is 4.10. The van der Waals surface area contributed by atoms with Gasteiger partial charge in [0.25, 0.3) is 0 Å². The van der Waals surface area contributed by atoms with Gasteiger partial charge in [0.15, 0.2) is 0 Å². The maximum absolute atomic E-state index is 13.3. The SMILES string of the molecule is CCCNC1CCN(c2cc(F)ccc2Br)CC1. The highest BCUT2D eigenvalue weighted by Gasteiger charge is 2.20. The summed E-state index contributed by atoms with van der Waals surface area (Å²) in [6.07, 6.45) is 3.43. The summed E-state index contributed by atoms with van der Waals surface area (Å²) in [6.45, 7) is 5.26. The highest BCUT2D eigenvalue weighted by molar-refractivity contribution is 9.10. The lowest BCUT2D eigenvalue weighted by molar-refractivity contribution is 0.415. The summed E-state index contributed by atoms with van der Waals surface area (Å²) >= 11 is 3.50. The number of piperidine rings is 1. The Morgan fingerprint density at radius 1 is 1.39 bits per heavy atom. The number of hydrogen-bond acceptors (Lipinski definition) is 2. The van der Waals surface area contributed by atoms with Crippen molar-refractivity contribution in [3.05, 3.63) is 28.5 Å². The Bertz CT molecular complexity index is 389. The molecule has 1 N–H and O–H groups in total. The molecule has 2 nitrogen and oxygen atoms in total. The van der Waals surface area contributed by atoms with Gasteiger partial charge < -0.3 is 10.2 Å². The fourth-order valence-corrected chi connectivity index (χ4v) is 2.90. The van der Waals surface area contributed by atoms with Crippen LogP contribution in [-0.2, 0) is 0 Å². The summed E-state index contributed by atoms with van der Waals surface area (Å²) in [6, 6.07) is 5.51. The van der Waals surface area contributed by atoms with Crippen LogP contribution in [0.2, 0.25) is 0 Å². The van der Waals surface area contributed by atoms with Crippen LogP contribution in [0.1, 0.15) is 26.2 Å². The zero-order chi connectivity index (χ0) is 13.0. The molecule has 0 unspecified atom stereocenters. The van der Waals surface area contributed by atoms with Crippen LogP contribution in [0.15, 0.2) is 22.7 Å². The Morgan fingerprint density at radius 3 is 2.78 bits per heavy atom. The third-order valence-electron chi connectivity index (χ3n) is 3.43. The number of anilines is 1. The Morgan fingerprint density at radius 2 is 2.11 bits per heavy atom. The van der Waals surface area contributed by atoms with Gasteiger partial charge in [0.1, 0.15) is 5.82 Å². The van der Waals surface area contributed by atoms with Crippen LogP contribution in [-0.4, -0.2) is 25.7 Å². The molecular weight excluding hydrogens is 295 g/mol. The van der Waals surface area contributed by atoms with Crippen molar-refractivity contribution in [2.24, 2.45) is 0 Å². The van der Waals surface area contributed by atoms with Gasteiger partial charge in [-0.05, 0) is 59.9 Å². The standard InChI is InChI=1S/C14H20BrFN2/c1-2-7-17-12-5-8-18(9-6-12)14-10-11(16)3-4-13(14)15/h3-4,10,12,17H,2,5-9H2,1H3. The molecule has 0 saturated carbocycles. The van der Waals surface area contributed by atoms with Crippen molar-refractivity contribution in [3.8, 4) is 0 Å². The Labute approximate surface area is 117 Å². The molecule has 0 bridgehead atoms. The zero-order valence-corrected chi connectivity index (χ0v) is 12.3. The van der Waals surface area contributed by atoms with E-state index in [1.165, 1.54) is 12.5 Å². The fourth-order valence-electron chi connectivity index (χ4n) is 2.40. The lowest BCUT2D eigenvalue weighted by atomic mass is 10.0. The molecule has 0 amide bonds. The van der Waals surface area contributed by atoms with Gasteiger partial charge >= 0.3 is 0 Å². The van der Waals surface area contributed by atoms with Crippen molar-refractivity contribution in [2.75, 3.05) is 24.5 Å². The highest BCUT2D eigenvalue weighted by atomic mass is 79.9. The third kappa shape index (κ3) is 3.45. The van der Waals surface area contributed by atoms with Gasteiger partial charge in [0, 0.05) is 23.6 Å². The van der Waals surface area contributed by atoms with Crippen LogP contribution < -0.4 is 10.2 Å². The molecule has 1 aromatic rings. The summed E-state index contributed by atoms with van der Waals surface area (Å²) in [7, 11) is 0. The monoisotopic (exact) mass is 314 g/mol. The quantitative estimate of drug-likeness (QED) is 0.914. The average molecular weight is 315 g/mol. The van der Waals surface area contributed by atoms with E-state index in [0.717, 1.165) is 42.6 Å². The van der Waals surface area contributed by atoms with Crippen LogP contribution in [0.5, 0.6) is 0 Å². The second-order valence-corrected chi connectivity index (χ2v) is 5.67. The van der Waals surface area contributed by atoms with Gasteiger partial charge in [-0.25, -0.2) is 4.39 Å². The van der Waals surface area contributed by atoms with Crippen molar-refractivity contribution in [1.29, 1.82) is 0 Å². The smallest absolute Gasteiger partial charge is 0.125 e. The molecule has 1 aliphatic heterocycles. The summed E-state index contributed by atoms with van der Waals surface area (Å²) in [4.78, 5) is 2.26. The average Bonchev–Trinajstić information content (AvgIpc) is 2.40. The number of halogens is 2. The summed E-state index contributed by atoms with van der Waals surface area (Å²) < 4.78 is 14.3. The molecule has 18 heavy (non-hydrogen) atoms. The topological polar surface area (TPSA) is 15.3 Å². The van der Waals surface area contributed by atoms with E-state index >= 15 is 0 Å². The van der Waals surface area contributed by atoms with Crippen LogP contribution in [0, 0.1) is 5.82 Å². The molecule has 1 fully saturated rings. The Balaban J connectivity index is 1.94. The maximum atomic E-state index is 13.3. The number of rotatable bonds is 4. The molecular formula is C14H20BrFN2. The number of benzene rings is 1. The van der Waals surface area contributed by atoms with E-state index in [1.54, 1.807) is 12.1 Å². The van der Waals surface area contributed by atoms with E-state index in [2.05, 4.69) is 33.1 Å². The number of nitrogens with one attached hydrogen (secondary N) is 1. The van der Waals surface area contributed by atoms with Crippen molar-refractivity contribution < 1.29 is 4.39 Å². The van der Waals surface area contributed by atoms with Crippen LogP contribution in [0.25, 0.3) is 0 Å². The first kappa shape index (κ1) is 13.8. The van der Waals surface area contributed by atoms with Crippen molar-refractivity contribution in [2.45, 2.75) is 32.2 Å². The van der Waals surface area contributed by atoms with E-state index in [4.69, 9.17) is 0 Å². The molecule has 1 aromatic carbocycles. The van der Waals surface area contributed by atoms with Crippen LogP contribution in [0.3, 0.4) is 0 Å². The first-order chi connectivity index (χ1) is 8.70. The van der Waals surface area contributed by atoms with Gasteiger partial charge in [-0.3, -0.25) is 0 Å². The summed E-state index contributed by atoms with van der Waals surface area (Å²) in [5.74, 6) is -0.167. The highest BCUT2D eigenvalue weighted by Crippen LogP contribution is 2.29. The second kappa shape index (κ2) is 6.53. The van der Waals surface area contributed by atoms with E-state index in [1.807, 2.05) is 0 Å². The van der Waals surface area contributed by atoms with Crippen LogP contribution in [0.4, 0.5) is 10.1 Å². The Kier molecular flexibility index (Phi) is 5.01. The van der Waals surface area contributed by atoms with Crippen molar-refractivity contribution >= 4 is 21.6 Å². The summed E-state index contributed by atoms with van der Waals surface area (Å²) in [5.41, 5.74) is 0.976. The fraction of sp³-hybridized carbons (Fsp3) is 0.571. The summed E-state index contributed by atoms with van der Waals surface area (Å²) in [5, 5.41) is 3.56. The van der Waals surface area contributed by atoms with E-state index in [0.29, 0.717) is 6.04 Å². The molecule has 1 aliphatic rings. The lowest BCUT2D eigenvalue weighted by Crippen LogP contribution is -2.42. The molecule has 2 rings (SSSR count). The van der Waals surface area contributed by atoms with Gasteiger partial charge in [0.2, 0.25) is 0 Å². The van der Waals surface area contributed by atoms with Gasteiger partial charge in [-0.1, -0.05) is 6.92 Å². The molecule has 0 aromatic heterocycles. The van der Waals surface area contributed by atoms with Crippen LogP contribution >= 0.6 is 15.9 Å². The Hall–Kier alpha value is -0.610. The molecule has 1 saturated heterocycles. The predicted molar refractivity (Wildman–Crippen MR) is 77.6 cm³/mol. The molecule has 100 valence electrons. The molecule has 0 radical (unpaired) electrons. The minimum absolute atomic E-state index is 0.167. The number of hydrogen-bond donors (Lipinski definition) is 1. The first-order valence-corrected chi connectivity index (χ1v) is 7.43. The van der Waals surface area contributed by atoms with Gasteiger partial charge in [-0.2, -0.15) is 0 Å². The molecule has 0 atom stereocenters. The second-order valence-electron chi connectivity index (χ2n) is 4.81. The molecule has 1 heterocycles. The molecule has 0 aliphatic carbocycles. The first-order valence-electron chi connectivity index (χ1n) is 6.64. The van der Waals surface area contributed by atoms with Crippen molar-refractivity contribution in [3.63, 3.8) is 0 Å². The van der Waals surface area contributed by atoms with E-state index in [9.17, 15) is 4.39 Å².